The first-order chi connectivity index (χ1) is 14.7. The molecule has 2 nitrogen and oxygen atoms in total. The average molecular weight is 411 g/mol. The fourth-order valence-electron chi connectivity index (χ4n) is 4.39. The molecule has 0 saturated heterocycles. The minimum Gasteiger partial charge on any atom is -0.512 e. The summed E-state index contributed by atoms with van der Waals surface area (Å²) < 4.78 is 0. The lowest BCUT2D eigenvalue weighted by Gasteiger charge is -2.36. The Hall–Kier alpha value is -3.52. The molecular formula is C29H30O2. The van der Waals surface area contributed by atoms with Crippen molar-refractivity contribution in [3.8, 4) is 11.1 Å². The molecule has 0 atom stereocenters. The first-order valence-corrected chi connectivity index (χ1v) is 10.4. The second kappa shape index (κ2) is 8.69. The van der Waals surface area contributed by atoms with Gasteiger partial charge in [0.2, 0.25) is 0 Å². The van der Waals surface area contributed by atoms with Crippen molar-refractivity contribution in [1.29, 1.82) is 0 Å². The highest BCUT2D eigenvalue weighted by atomic mass is 16.3. The predicted molar refractivity (Wildman–Crippen MR) is 131 cm³/mol. The second-order valence-electron chi connectivity index (χ2n) is 8.29. The molecule has 0 aliphatic heterocycles. The van der Waals surface area contributed by atoms with Crippen LogP contribution >= 0.6 is 0 Å². The summed E-state index contributed by atoms with van der Waals surface area (Å²) in [5.74, 6) is 0.139. The van der Waals surface area contributed by atoms with Crippen molar-refractivity contribution in [3.63, 3.8) is 0 Å². The van der Waals surface area contributed by atoms with Gasteiger partial charge >= 0.3 is 0 Å². The van der Waals surface area contributed by atoms with Gasteiger partial charge in [-0.1, -0.05) is 97.1 Å². The molecule has 0 aromatic heterocycles. The van der Waals surface area contributed by atoms with Crippen molar-refractivity contribution in [2.75, 3.05) is 0 Å². The molecule has 1 aliphatic rings. The molecule has 31 heavy (non-hydrogen) atoms. The number of benzene rings is 2. The van der Waals surface area contributed by atoms with E-state index >= 15 is 0 Å². The molecule has 0 saturated carbocycles. The third-order valence-electron chi connectivity index (χ3n) is 5.58. The molecule has 1 aliphatic carbocycles. The van der Waals surface area contributed by atoms with Crippen LogP contribution in [0.3, 0.4) is 0 Å². The van der Waals surface area contributed by atoms with Gasteiger partial charge in [-0.3, -0.25) is 0 Å². The fraction of sp³-hybridized carbons (Fsp3) is 0.172. The lowest BCUT2D eigenvalue weighted by molar-refractivity contribution is 0.391. The summed E-state index contributed by atoms with van der Waals surface area (Å²) in [7, 11) is 0. The summed E-state index contributed by atoms with van der Waals surface area (Å²) in [6.45, 7) is 15.5. The van der Waals surface area contributed by atoms with E-state index in [9.17, 15) is 10.2 Å². The maximum Gasteiger partial charge on any atom is 0.113 e. The van der Waals surface area contributed by atoms with Crippen LogP contribution in [0.25, 0.3) is 11.1 Å². The summed E-state index contributed by atoms with van der Waals surface area (Å²) in [6.07, 6.45) is 7.66. The average Bonchev–Trinajstić information content (AvgIpc) is 2.99. The molecule has 158 valence electrons. The maximum atomic E-state index is 11.0. The number of aliphatic hydroxyl groups excluding tert-OH is 2. The molecule has 2 aromatic carbocycles. The minimum atomic E-state index is -0.921. The van der Waals surface area contributed by atoms with Gasteiger partial charge in [0.15, 0.2) is 0 Å². The third kappa shape index (κ3) is 3.82. The summed E-state index contributed by atoms with van der Waals surface area (Å²) in [4.78, 5) is 0. The summed E-state index contributed by atoms with van der Waals surface area (Å²) in [5.41, 5.74) is 6.48. The van der Waals surface area contributed by atoms with Gasteiger partial charge in [0.1, 0.15) is 5.76 Å². The van der Waals surface area contributed by atoms with Crippen LogP contribution in [-0.2, 0) is 5.41 Å². The van der Waals surface area contributed by atoms with E-state index in [1.54, 1.807) is 6.92 Å². The van der Waals surface area contributed by atoms with E-state index in [2.05, 4.69) is 37.4 Å². The topological polar surface area (TPSA) is 40.5 Å². The Bertz CT molecular complexity index is 1120. The Kier molecular flexibility index (Phi) is 6.21. The zero-order valence-corrected chi connectivity index (χ0v) is 18.7. The van der Waals surface area contributed by atoms with Crippen LogP contribution in [0, 0.1) is 0 Å². The highest BCUT2D eigenvalue weighted by molar-refractivity contribution is 5.87. The molecule has 2 N–H and O–H groups in total. The number of fused-ring (bicyclic) bond motifs is 3. The maximum absolute atomic E-state index is 11.0. The van der Waals surface area contributed by atoms with Gasteiger partial charge in [0, 0.05) is 11.1 Å². The Morgan fingerprint density at radius 2 is 1.29 bits per heavy atom. The largest absolute Gasteiger partial charge is 0.512 e. The Balaban J connectivity index is 2.58. The first kappa shape index (κ1) is 22.2. The quantitative estimate of drug-likeness (QED) is 0.375. The number of rotatable bonds is 6. The molecule has 0 amide bonds. The monoisotopic (exact) mass is 410 g/mol. The van der Waals surface area contributed by atoms with Crippen LogP contribution in [0.4, 0.5) is 0 Å². The smallest absolute Gasteiger partial charge is 0.113 e. The van der Waals surface area contributed by atoms with Crippen LogP contribution < -0.4 is 0 Å². The van der Waals surface area contributed by atoms with Gasteiger partial charge in [-0.2, -0.15) is 0 Å². The van der Waals surface area contributed by atoms with Crippen molar-refractivity contribution < 1.29 is 10.2 Å². The number of allylic oxidation sites excluding steroid dienone is 9. The van der Waals surface area contributed by atoms with E-state index in [4.69, 9.17) is 0 Å². The van der Waals surface area contributed by atoms with Gasteiger partial charge in [0.05, 0.1) is 11.2 Å². The summed E-state index contributed by atoms with van der Waals surface area (Å²) in [6, 6.07) is 16.3. The van der Waals surface area contributed by atoms with E-state index in [0.717, 1.165) is 33.4 Å². The highest BCUT2D eigenvalue weighted by Crippen LogP contribution is 2.58. The highest BCUT2D eigenvalue weighted by Gasteiger charge is 2.49. The number of aliphatic hydroxyl groups is 2. The number of hydrogen-bond acceptors (Lipinski definition) is 2. The van der Waals surface area contributed by atoms with Crippen LogP contribution in [0.5, 0.6) is 0 Å². The van der Waals surface area contributed by atoms with Gasteiger partial charge in [-0.05, 0) is 49.9 Å². The van der Waals surface area contributed by atoms with Crippen molar-refractivity contribution >= 4 is 0 Å². The molecule has 0 radical (unpaired) electrons. The third-order valence-corrected chi connectivity index (χ3v) is 5.58. The van der Waals surface area contributed by atoms with Crippen LogP contribution in [0.2, 0.25) is 0 Å². The fourth-order valence-corrected chi connectivity index (χ4v) is 4.39. The Labute approximate surface area is 185 Å². The zero-order chi connectivity index (χ0) is 22.8. The van der Waals surface area contributed by atoms with Crippen LogP contribution in [0.1, 0.15) is 38.8 Å². The molecule has 0 spiro atoms. The second-order valence-corrected chi connectivity index (χ2v) is 8.29. The van der Waals surface area contributed by atoms with Gasteiger partial charge < -0.3 is 10.2 Å². The summed E-state index contributed by atoms with van der Waals surface area (Å²) >= 11 is 0. The molecule has 3 rings (SSSR count). The van der Waals surface area contributed by atoms with Crippen molar-refractivity contribution in [2.45, 2.75) is 33.1 Å². The predicted octanol–water partition coefficient (Wildman–Crippen LogP) is 7.88. The molecule has 0 bridgehead atoms. The molecular weight excluding hydrogens is 380 g/mol. The molecule has 2 aromatic rings. The van der Waals surface area contributed by atoms with E-state index in [1.807, 2.05) is 69.3 Å². The van der Waals surface area contributed by atoms with Gasteiger partial charge in [0.25, 0.3) is 0 Å². The van der Waals surface area contributed by atoms with Crippen molar-refractivity contribution in [3.05, 3.63) is 131 Å². The normalized spacial score (nSPS) is 15.2. The van der Waals surface area contributed by atoms with Crippen LogP contribution in [0.15, 0.2) is 120 Å². The van der Waals surface area contributed by atoms with Crippen LogP contribution in [-0.4, -0.2) is 10.2 Å². The SMILES string of the molecule is C=C(C)/C=C\C(=C(/C)O)C1(/C(=C/C=C(C)C)C(=C)O)c2ccccc2-c2ccccc21. The van der Waals surface area contributed by atoms with Gasteiger partial charge in [-0.25, -0.2) is 0 Å². The Morgan fingerprint density at radius 3 is 1.71 bits per heavy atom. The molecule has 0 unspecified atom stereocenters. The first-order valence-electron chi connectivity index (χ1n) is 10.4. The van der Waals surface area contributed by atoms with E-state index in [-0.39, 0.29) is 11.5 Å². The van der Waals surface area contributed by atoms with Crippen molar-refractivity contribution in [1.82, 2.24) is 0 Å². The molecule has 0 heterocycles. The summed E-state index contributed by atoms with van der Waals surface area (Å²) in [5, 5.41) is 21.8. The van der Waals surface area contributed by atoms with E-state index in [0.29, 0.717) is 11.1 Å². The molecule has 2 heteroatoms. The van der Waals surface area contributed by atoms with E-state index < -0.39 is 5.41 Å². The molecule has 0 fully saturated rings. The Morgan fingerprint density at radius 1 is 0.774 bits per heavy atom. The lowest BCUT2D eigenvalue weighted by atomic mass is 9.65. The van der Waals surface area contributed by atoms with Crippen molar-refractivity contribution in [2.24, 2.45) is 0 Å². The zero-order valence-electron chi connectivity index (χ0n) is 18.7. The minimum absolute atomic E-state index is 0.0357. The standard InChI is InChI=1S/C29H30O2/c1-19(2)15-17-25(21(5)30)29(26(22(6)31)18-16-20(3)4)27-13-9-7-11-23(27)24-12-8-10-14-28(24)29/h7-18,30-31H,1,6H2,2-5H3/b17-15-,25-21-,26-18+. The number of hydrogen-bond donors (Lipinski definition) is 2. The van der Waals surface area contributed by atoms with Gasteiger partial charge in [-0.15, -0.1) is 0 Å². The van der Waals surface area contributed by atoms with E-state index in [1.165, 1.54) is 0 Å². The lowest BCUT2D eigenvalue weighted by Crippen LogP contribution is -2.32.